The molecule has 226 valence electrons. The maximum atomic E-state index is 14.1. The third-order valence-corrected chi connectivity index (χ3v) is 7.46. The van der Waals surface area contributed by atoms with Crippen LogP contribution in [0.3, 0.4) is 0 Å². The lowest BCUT2D eigenvalue weighted by Gasteiger charge is -2.15. The number of pyridine rings is 4. The molecule has 4 heterocycles. The van der Waals surface area contributed by atoms with Gasteiger partial charge in [-0.2, -0.15) is 0 Å². The molecule has 0 saturated carbocycles. The smallest absolute Gasteiger partial charge is 0.269 e. The maximum Gasteiger partial charge on any atom is 0.269 e. The molecule has 0 aliphatic rings. The molecule has 6 aromatic rings. The standard InChI is InChI=1S/C17H11BrF2N2O.C17H12F2N2O/c1-10-13(16-15(20)7-11(19)9-21-16)8-14(18)17(23)22(10)12-5-3-2-4-6-12;1-11-14(17-15(19)9-12(18)10-20-17)7-8-16(22)21(11)13-5-3-2-4-6-13/h2-9H,1H3;2-10H,1H3. The van der Waals surface area contributed by atoms with Crippen LogP contribution in [0.1, 0.15) is 11.4 Å². The van der Waals surface area contributed by atoms with Gasteiger partial charge >= 0.3 is 0 Å². The largest absolute Gasteiger partial charge is 0.281 e. The number of rotatable bonds is 4. The van der Waals surface area contributed by atoms with Crippen LogP contribution in [0.15, 0.2) is 117 Å². The zero-order chi connectivity index (χ0) is 32.2. The zero-order valence-electron chi connectivity index (χ0n) is 23.8. The number of nitrogens with zero attached hydrogens (tertiary/aromatic N) is 4. The average molecular weight is 675 g/mol. The first-order valence-electron chi connectivity index (χ1n) is 13.4. The van der Waals surface area contributed by atoms with Crippen LogP contribution in [0.25, 0.3) is 33.9 Å². The molecular weight excluding hydrogens is 652 g/mol. The van der Waals surface area contributed by atoms with Gasteiger partial charge in [-0.3, -0.25) is 28.7 Å². The van der Waals surface area contributed by atoms with Crippen LogP contribution >= 0.6 is 15.9 Å². The van der Waals surface area contributed by atoms with Crippen molar-refractivity contribution in [2.75, 3.05) is 0 Å². The second kappa shape index (κ2) is 13.2. The van der Waals surface area contributed by atoms with E-state index in [9.17, 15) is 27.2 Å². The second-order valence-corrected chi connectivity index (χ2v) is 10.6. The molecule has 0 saturated heterocycles. The third-order valence-electron chi connectivity index (χ3n) is 6.90. The Bertz CT molecular complexity index is 2140. The Morgan fingerprint density at radius 2 is 1.07 bits per heavy atom. The monoisotopic (exact) mass is 674 g/mol. The Morgan fingerprint density at radius 1 is 0.600 bits per heavy atom. The average Bonchev–Trinajstić information content (AvgIpc) is 3.01. The van der Waals surface area contributed by atoms with E-state index in [0.717, 1.165) is 24.5 Å². The van der Waals surface area contributed by atoms with Gasteiger partial charge in [0.05, 0.1) is 16.9 Å². The topological polar surface area (TPSA) is 69.8 Å². The van der Waals surface area contributed by atoms with Crippen LogP contribution in [0.4, 0.5) is 17.6 Å². The lowest BCUT2D eigenvalue weighted by molar-refractivity contribution is 0.575. The maximum absolute atomic E-state index is 14.1. The molecule has 0 aliphatic carbocycles. The zero-order valence-corrected chi connectivity index (χ0v) is 25.4. The van der Waals surface area contributed by atoms with E-state index < -0.39 is 23.3 Å². The van der Waals surface area contributed by atoms with Crippen molar-refractivity contribution < 1.29 is 17.6 Å². The van der Waals surface area contributed by atoms with E-state index in [4.69, 9.17) is 0 Å². The van der Waals surface area contributed by atoms with Crippen LogP contribution in [-0.2, 0) is 0 Å². The van der Waals surface area contributed by atoms with Crippen LogP contribution < -0.4 is 11.1 Å². The van der Waals surface area contributed by atoms with Gasteiger partial charge in [0.25, 0.3) is 11.1 Å². The molecule has 0 radical (unpaired) electrons. The molecule has 6 nitrogen and oxygen atoms in total. The van der Waals surface area contributed by atoms with Gasteiger partial charge in [-0.15, -0.1) is 0 Å². The Balaban J connectivity index is 0.000000178. The van der Waals surface area contributed by atoms with Crippen molar-refractivity contribution >= 4 is 15.9 Å². The minimum Gasteiger partial charge on any atom is -0.281 e. The highest BCUT2D eigenvalue weighted by molar-refractivity contribution is 9.10. The molecule has 0 aliphatic heterocycles. The van der Waals surface area contributed by atoms with E-state index in [1.165, 1.54) is 27.3 Å². The molecule has 0 spiro atoms. The number of para-hydroxylation sites is 2. The molecule has 0 fully saturated rings. The normalized spacial score (nSPS) is 10.7. The molecule has 0 unspecified atom stereocenters. The summed E-state index contributed by atoms with van der Waals surface area (Å²) in [5.74, 6) is -3.03. The van der Waals surface area contributed by atoms with Gasteiger partial charge in [-0.1, -0.05) is 36.4 Å². The molecule has 2 aromatic carbocycles. The molecular formula is C34H23BrF4N4O2. The van der Waals surface area contributed by atoms with Crippen molar-refractivity contribution in [3.8, 4) is 33.9 Å². The fourth-order valence-electron chi connectivity index (χ4n) is 4.81. The fourth-order valence-corrected chi connectivity index (χ4v) is 5.22. The third kappa shape index (κ3) is 6.53. The predicted octanol–water partition coefficient (Wildman–Crippen LogP) is 7.73. The van der Waals surface area contributed by atoms with E-state index in [0.29, 0.717) is 33.9 Å². The van der Waals surface area contributed by atoms with Gasteiger partial charge < -0.3 is 0 Å². The van der Waals surface area contributed by atoms with Crippen LogP contribution in [-0.4, -0.2) is 19.1 Å². The summed E-state index contributed by atoms with van der Waals surface area (Å²) < 4.78 is 57.3. The second-order valence-electron chi connectivity index (χ2n) is 9.78. The van der Waals surface area contributed by atoms with Gasteiger partial charge in [0.1, 0.15) is 23.0 Å². The summed E-state index contributed by atoms with van der Waals surface area (Å²) in [5.41, 5.74) is 2.76. The highest BCUT2D eigenvalue weighted by atomic mass is 79.9. The number of halogens is 5. The first kappa shape index (κ1) is 31.3. The van der Waals surface area contributed by atoms with Crippen LogP contribution in [0.2, 0.25) is 0 Å². The number of hydrogen-bond acceptors (Lipinski definition) is 4. The summed E-state index contributed by atoms with van der Waals surface area (Å²) in [7, 11) is 0. The SMILES string of the molecule is Cc1c(-c2ncc(F)cc2F)cc(Br)c(=O)n1-c1ccccc1.Cc1c(-c2ncc(F)cc2F)ccc(=O)n1-c1ccccc1. The van der Waals surface area contributed by atoms with Crippen LogP contribution in [0.5, 0.6) is 0 Å². The van der Waals surface area contributed by atoms with Crippen LogP contribution in [0, 0.1) is 37.1 Å². The molecule has 0 atom stereocenters. The van der Waals surface area contributed by atoms with Crippen molar-refractivity contribution in [1.29, 1.82) is 0 Å². The minimum atomic E-state index is -0.779. The van der Waals surface area contributed by atoms with E-state index >= 15 is 0 Å². The van der Waals surface area contributed by atoms with E-state index in [-0.39, 0.29) is 27.0 Å². The molecule has 0 amide bonds. The van der Waals surface area contributed by atoms with Crippen molar-refractivity contribution in [3.63, 3.8) is 0 Å². The molecule has 0 N–H and O–H groups in total. The van der Waals surface area contributed by atoms with Crippen molar-refractivity contribution in [3.05, 3.63) is 163 Å². The Morgan fingerprint density at radius 3 is 1.58 bits per heavy atom. The summed E-state index contributed by atoms with van der Waals surface area (Å²) in [5, 5.41) is 0. The van der Waals surface area contributed by atoms with Crippen molar-refractivity contribution in [2.24, 2.45) is 0 Å². The quantitative estimate of drug-likeness (QED) is 0.180. The van der Waals surface area contributed by atoms with Gasteiger partial charge in [-0.05, 0) is 66.2 Å². The molecule has 45 heavy (non-hydrogen) atoms. The molecule has 11 heteroatoms. The summed E-state index contributed by atoms with van der Waals surface area (Å²) in [6.45, 7) is 3.40. The van der Waals surface area contributed by atoms with E-state index in [1.807, 2.05) is 24.3 Å². The Kier molecular flexibility index (Phi) is 9.19. The van der Waals surface area contributed by atoms with Gasteiger partial charge in [0, 0.05) is 52.1 Å². The summed E-state index contributed by atoms with van der Waals surface area (Å²) in [6, 6.07) is 23.9. The first-order valence-corrected chi connectivity index (χ1v) is 14.2. The predicted molar refractivity (Wildman–Crippen MR) is 168 cm³/mol. The fraction of sp³-hybridized carbons (Fsp3) is 0.0588. The summed E-state index contributed by atoms with van der Waals surface area (Å²) >= 11 is 3.21. The number of aromatic nitrogens is 4. The van der Waals surface area contributed by atoms with Gasteiger partial charge in [0.15, 0.2) is 11.6 Å². The molecule has 0 bridgehead atoms. The van der Waals surface area contributed by atoms with Crippen molar-refractivity contribution in [1.82, 2.24) is 19.1 Å². The van der Waals surface area contributed by atoms with Crippen molar-refractivity contribution in [2.45, 2.75) is 13.8 Å². The van der Waals surface area contributed by atoms with E-state index in [1.54, 1.807) is 50.2 Å². The van der Waals surface area contributed by atoms with Gasteiger partial charge in [0.2, 0.25) is 0 Å². The Labute approximate surface area is 263 Å². The summed E-state index contributed by atoms with van der Waals surface area (Å²) in [6.07, 6.45) is 1.90. The number of benzene rings is 2. The first-order chi connectivity index (χ1) is 21.6. The van der Waals surface area contributed by atoms with Gasteiger partial charge in [-0.25, -0.2) is 17.6 Å². The lowest BCUT2D eigenvalue weighted by Crippen LogP contribution is -2.22. The van der Waals surface area contributed by atoms with E-state index in [2.05, 4.69) is 25.9 Å². The number of hydrogen-bond donors (Lipinski definition) is 0. The highest BCUT2D eigenvalue weighted by Gasteiger charge is 2.18. The molecule has 4 aromatic heterocycles. The summed E-state index contributed by atoms with van der Waals surface area (Å²) in [4.78, 5) is 32.2. The lowest BCUT2D eigenvalue weighted by atomic mass is 10.1. The molecule has 6 rings (SSSR count). The highest BCUT2D eigenvalue weighted by Crippen LogP contribution is 2.28. The minimum absolute atomic E-state index is 0.00530. The Hall–Kier alpha value is -5.16.